The van der Waals surface area contributed by atoms with Crippen LogP contribution in [0.5, 0.6) is 0 Å². The maximum absolute atomic E-state index is 13.0. The van der Waals surface area contributed by atoms with Gasteiger partial charge >= 0.3 is 13.2 Å². The van der Waals surface area contributed by atoms with Gasteiger partial charge in [0.1, 0.15) is 6.61 Å². The summed E-state index contributed by atoms with van der Waals surface area (Å²) in [7, 11) is -0.660. The number of aromatic nitrogens is 2. The van der Waals surface area contributed by atoms with Gasteiger partial charge in [0.25, 0.3) is 0 Å². The molecule has 8 heteroatoms. The molecule has 0 spiro atoms. The molecule has 1 N–H and O–H groups in total. The Labute approximate surface area is 234 Å². The summed E-state index contributed by atoms with van der Waals surface area (Å²) in [6, 6.07) is 24.3. The van der Waals surface area contributed by atoms with Crippen LogP contribution in [0.2, 0.25) is 0 Å². The first-order valence-electron chi connectivity index (χ1n) is 13.6. The van der Waals surface area contributed by atoms with Crippen molar-refractivity contribution in [2.45, 2.75) is 44.8 Å². The molecule has 0 saturated carbocycles. The van der Waals surface area contributed by atoms with Gasteiger partial charge in [0.2, 0.25) is 0 Å². The largest absolute Gasteiger partial charge is 0.492 e. The Morgan fingerprint density at radius 3 is 2.12 bits per heavy atom. The van der Waals surface area contributed by atoms with Gasteiger partial charge < -0.3 is 19.4 Å². The number of rotatable bonds is 6. The van der Waals surface area contributed by atoms with E-state index in [4.69, 9.17) is 19.0 Å². The van der Waals surface area contributed by atoms with Crippen LogP contribution in [0.3, 0.4) is 0 Å². The summed E-state index contributed by atoms with van der Waals surface area (Å²) in [5.74, 6) is -0.0101. The molecule has 7 nitrogen and oxygen atoms in total. The summed E-state index contributed by atoms with van der Waals surface area (Å²) in [5, 5.41) is 2.91. The molecule has 1 aromatic heterocycles. The molecule has 0 atom stereocenters. The summed E-state index contributed by atoms with van der Waals surface area (Å²) < 4.78 is 18.4. The van der Waals surface area contributed by atoms with Crippen molar-refractivity contribution in [3.05, 3.63) is 101 Å². The van der Waals surface area contributed by atoms with Gasteiger partial charge in [-0.05, 0) is 73.6 Å². The van der Waals surface area contributed by atoms with Crippen LogP contribution in [0.15, 0.2) is 84.5 Å². The Balaban J connectivity index is 1.19. The maximum atomic E-state index is 13.0. The van der Waals surface area contributed by atoms with Crippen molar-refractivity contribution in [2.75, 3.05) is 13.2 Å². The van der Waals surface area contributed by atoms with E-state index in [1.807, 2.05) is 82.3 Å². The highest BCUT2D eigenvalue weighted by molar-refractivity contribution is 6.56. The Kier molecular flexibility index (Phi) is 6.68. The number of carbonyl (C=O) groups excluding carboxylic acids is 1. The van der Waals surface area contributed by atoms with Crippen molar-refractivity contribution < 1.29 is 18.8 Å². The molecule has 1 fully saturated rings. The van der Waals surface area contributed by atoms with Crippen LogP contribution in [0.25, 0.3) is 28.2 Å². The Bertz CT molecular complexity index is 1560. The molecular formula is C32H32BN3O4. The number of para-hydroxylation sites is 2. The fraction of sp³-hybridized carbons (Fsp3) is 0.281. The molecule has 202 valence electrons. The quantitative estimate of drug-likeness (QED) is 0.298. The van der Waals surface area contributed by atoms with Crippen LogP contribution in [0.1, 0.15) is 50.4 Å². The summed E-state index contributed by atoms with van der Waals surface area (Å²) in [5.41, 5.74) is 6.63. The molecular weight excluding hydrogens is 501 g/mol. The zero-order valence-electron chi connectivity index (χ0n) is 23.2. The number of hydrogen-bond donors (Lipinski definition) is 1. The lowest BCUT2D eigenvalue weighted by Crippen LogP contribution is -2.41. The second kappa shape index (κ2) is 10.2. The number of hydrogen-bond acceptors (Lipinski definition) is 6. The highest BCUT2D eigenvalue weighted by Crippen LogP contribution is 2.44. The molecule has 0 bridgehead atoms. The Morgan fingerprint density at radius 1 is 0.900 bits per heavy atom. The van der Waals surface area contributed by atoms with Crippen molar-refractivity contribution in [2.24, 2.45) is 0 Å². The summed E-state index contributed by atoms with van der Waals surface area (Å²) in [4.78, 5) is 22.2. The van der Waals surface area contributed by atoms with Crippen molar-refractivity contribution in [1.82, 2.24) is 15.3 Å². The van der Waals surface area contributed by atoms with Gasteiger partial charge in [-0.2, -0.15) is 0 Å². The van der Waals surface area contributed by atoms with Crippen LogP contribution >= 0.6 is 0 Å². The van der Waals surface area contributed by atoms with Crippen molar-refractivity contribution in [1.29, 1.82) is 0 Å². The van der Waals surface area contributed by atoms with Crippen LogP contribution < -0.4 is 5.32 Å². The molecule has 40 heavy (non-hydrogen) atoms. The third-order valence-corrected chi connectivity index (χ3v) is 8.14. The molecule has 1 aliphatic heterocycles. The minimum atomic E-state index is -0.660. The third kappa shape index (κ3) is 4.89. The van der Waals surface area contributed by atoms with E-state index in [9.17, 15) is 4.79 Å². The zero-order chi connectivity index (χ0) is 27.9. The fourth-order valence-electron chi connectivity index (χ4n) is 5.25. The second-order valence-electron chi connectivity index (χ2n) is 11.3. The predicted molar refractivity (Wildman–Crippen MR) is 157 cm³/mol. The average Bonchev–Trinajstić information content (AvgIpc) is 3.38. The average molecular weight is 533 g/mol. The summed E-state index contributed by atoms with van der Waals surface area (Å²) >= 11 is 0. The van der Waals surface area contributed by atoms with Crippen molar-refractivity contribution in [3.8, 4) is 11.1 Å². The molecule has 0 radical (unpaired) electrons. The zero-order valence-corrected chi connectivity index (χ0v) is 23.2. The van der Waals surface area contributed by atoms with Gasteiger partial charge in [0.05, 0.1) is 34.1 Å². The number of alkyl carbamates (subject to hydrolysis) is 1. The first kappa shape index (κ1) is 26.2. The number of nitrogens with zero attached hydrogens (tertiary/aromatic N) is 2. The van der Waals surface area contributed by atoms with E-state index >= 15 is 0 Å². The normalized spacial score (nSPS) is 17.5. The molecule has 1 aliphatic carbocycles. The molecule has 1 saturated heterocycles. The summed E-state index contributed by atoms with van der Waals surface area (Å²) in [6.45, 7) is 8.41. The van der Waals surface area contributed by atoms with E-state index in [0.717, 1.165) is 16.5 Å². The van der Waals surface area contributed by atoms with Crippen molar-refractivity contribution in [3.63, 3.8) is 0 Å². The van der Waals surface area contributed by atoms with Crippen LogP contribution in [0, 0.1) is 0 Å². The molecule has 4 aromatic rings. The molecule has 3 aromatic carbocycles. The number of benzene rings is 3. The number of carbonyl (C=O) groups is 1. The second-order valence-corrected chi connectivity index (χ2v) is 11.3. The summed E-state index contributed by atoms with van der Waals surface area (Å²) in [6.07, 6.45) is 3.07. The van der Waals surface area contributed by atoms with Gasteiger partial charge in [-0.3, -0.25) is 4.98 Å². The lowest BCUT2D eigenvalue weighted by atomic mass is 9.77. The number of nitrogens with one attached hydrogen (secondary N) is 1. The van der Waals surface area contributed by atoms with Crippen LogP contribution in [0.4, 0.5) is 4.79 Å². The van der Waals surface area contributed by atoms with Gasteiger partial charge in [-0.1, -0.05) is 60.7 Å². The van der Waals surface area contributed by atoms with E-state index < -0.39 is 24.4 Å². The monoisotopic (exact) mass is 533 g/mol. The smallest absolute Gasteiger partial charge is 0.449 e. The van der Waals surface area contributed by atoms with E-state index in [1.165, 1.54) is 22.3 Å². The maximum Gasteiger partial charge on any atom is 0.492 e. The highest BCUT2D eigenvalue weighted by atomic mass is 16.7. The molecule has 2 heterocycles. The first-order chi connectivity index (χ1) is 19.2. The topological polar surface area (TPSA) is 82.6 Å². The van der Waals surface area contributed by atoms with E-state index in [0.29, 0.717) is 5.69 Å². The predicted octanol–water partition coefficient (Wildman–Crippen LogP) is 6.18. The third-order valence-electron chi connectivity index (χ3n) is 8.14. The highest BCUT2D eigenvalue weighted by Gasteiger charge is 2.52. The Hall–Kier alpha value is -4.01. The molecule has 0 unspecified atom stereocenters. The standard InChI is InChI=1S/C32H32BN3O4/c1-31(2)32(3,4)40-33(39-31)21(17-22-19-34-28-15-9-10-16-29(28)36-22)18-35-30(37)38-20-27-25-13-7-5-11-23(25)24-12-6-8-14-26(24)27/h5-17,19,27H,18,20H2,1-4H3,(H,35,37). The number of amides is 1. The van der Waals surface area contributed by atoms with E-state index in [1.54, 1.807) is 6.20 Å². The SMILES string of the molecule is CC1(C)OB(C(=Cc2cnc3ccccc3n2)CNC(=O)OCC2c3ccccc3-c3ccccc32)OC1(C)C. The molecule has 2 aliphatic rings. The molecule has 6 rings (SSSR count). The van der Waals surface area contributed by atoms with Gasteiger partial charge in [0.15, 0.2) is 0 Å². The van der Waals surface area contributed by atoms with Crippen LogP contribution in [-0.2, 0) is 14.0 Å². The number of fused-ring (bicyclic) bond motifs is 4. The van der Waals surface area contributed by atoms with E-state index in [2.05, 4.69) is 34.6 Å². The minimum absolute atomic E-state index is 0.0101. The van der Waals surface area contributed by atoms with Gasteiger partial charge in [0, 0.05) is 12.5 Å². The minimum Gasteiger partial charge on any atom is -0.449 e. The number of ether oxygens (including phenoxy) is 1. The lowest BCUT2D eigenvalue weighted by molar-refractivity contribution is 0.00578. The first-order valence-corrected chi connectivity index (χ1v) is 13.6. The fourth-order valence-corrected chi connectivity index (χ4v) is 5.25. The van der Waals surface area contributed by atoms with Crippen LogP contribution in [-0.4, -0.2) is 47.5 Å². The lowest BCUT2D eigenvalue weighted by Gasteiger charge is -2.32. The van der Waals surface area contributed by atoms with E-state index in [-0.39, 0.29) is 19.1 Å². The Morgan fingerprint density at radius 2 is 1.48 bits per heavy atom. The van der Waals surface area contributed by atoms with Crippen molar-refractivity contribution >= 4 is 30.3 Å². The molecule has 1 amide bonds. The van der Waals surface area contributed by atoms with Gasteiger partial charge in [-0.25, -0.2) is 9.78 Å². The van der Waals surface area contributed by atoms with Gasteiger partial charge in [-0.15, -0.1) is 0 Å².